The fourth-order valence-electron chi connectivity index (χ4n) is 4.25. The number of nitrogens with one attached hydrogen (secondary N) is 2. The van der Waals surface area contributed by atoms with E-state index >= 15 is 0 Å². The van der Waals surface area contributed by atoms with Crippen LogP contribution in [0.2, 0.25) is 0 Å². The fourth-order valence-corrected chi connectivity index (χ4v) is 4.25. The number of fused-ring (bicyclic) bond motifs is 1. The van der Waals surface area contributed by atoms with E-state index in [1.54, 1.807) is 4.68 Å². The number of hydrogen-bond donors (Lipinski definition) is 2. The summed E-state index contributed by atoms with van der Waals surface area (Å²) in [6.45, 7) is 7.40. The van der Waals surface area contributed by atoms with Crippen LogP contribution in [0.5, 0.6) is 0 Å². The first kappa shape index (κ1) is 21.6. The number of anilines is 1. The molecule has 0 bridgehead atoms. The van der Waals surface area contributed by atoms with Crippen molar-refractivity contribution in [2.24, 2.45) is 5.92 Å². The van der Waals surface area contributed by atoms with Gasteiger partial charge in [-0.15, -0.1) is 0 Å². The zero-order valence-corrected chi connectivity index (χ0v) is 18.8. The highest BCUT2D eigenvalue weighted by Gasteiger charge is 2.30. The molecule has 2 atom stereocenters. The van der Waals surface area contributed by atoms with E-state index in [9.17, 15) is 9.18 Å². The highest BCUT2D eigenvalue weighted by atomic mass is 19.1. The van der Waals surface area contributed by atoms with Crippen LogP contribution in [0.3, 0.4) is 0 Å². The molecule has 9 nitrogen and oxygen atoms in total. The zero-order chi connectivity index (χ0) is 23.1. The molecule has 3 aromatic rings. The highest BCUT2D eigenvalue weighted by molar-refractivity contribution is 5.97. The van der Waals surface area contributed by atoms with Crippen molar-refractivity contribution in [3.8, 4) is 5.95 Å². The van der Waals surface area contributed by atoms with Crippen molar-refractivity contribution >= 4 is 28.1 Å². The summed E-state index contributed by atoms with van der Waals surface area (Å²) in [6, 6.07) is 5.49. The molecule has 0 spiro atoms. The van der Waals surface area contributed by atoms with Gasteiger partial charge in [0.1, 0.15) is 11.7 Å². The molecule has 1 amide bonds. The topological polar surface area (TPSA) is 101 Å². The Morgan fingerprint density at radius 2 is 2.15 bits per heavy atom. The Bertz CT molecular complexity index is 1200. The van der Waals surface area contributed by atoms with Crippen LogP contribution in [0.4, 0.5) is 10.1 Å². The maximum atomic E-state index is 14.6. The Morgan fingerprint density at radius 1 is 1.33 bits per heavy atom. The van der Waals surface area contributed by atoms with Crippen molar-refractivity contribution in [3.63, 3.8) is 0 Å². The number of nitrogens with zero attached hydrogens (tertiary/aromatic N) is 5. The number of piperidine rings is 1. The number of carbonyl (C=O) groups is 1. The quantitative estimate of drug-likeness (QED) is 0.567. The fraction of sp³-hybridized carbons (Fsp3) is 0.478. The first-order chi connectivity index (χ1) is 15.9. The van der Waals surface area contributed by atoms with E-state index in [-0.39, 0.29) is 30.4 Å². The molecule has 174 valence electrons. The lowest BCUT2D eigenvalue weighted by molar-refractivity contribution is -0.122. The summed E-state index contributed by atoms with van der Waals surface area (Å²) in [4.78, 5) is 18.3. The first-order valence-corrected chi connectivity index (χ1v) is 11.3. The molecule has 2 N–H and O–H groups in total. The highest BCUT2D eigenvalue weighted by Crippen LogP contribution is 2.32. The number of halogens is 1. The van der Waals surface area contributed by atoms with Crippen LogP contribution < -0.4 is 10.6 Å². The molecule has 1 aliphatic carbocycles. The Kier molecular flexibility index (Phi) is 5.61. The van der Waals surface area contributed by atoms with Gasteiger partial charge in [-0.25, -0.2) is 4.39 Å². The van der Waals surface area contributed by atoms with Gasteiger partial charge in [-0.1, -0.05) is 18.7 Å². The molecule has 3 heterocycles. The number of likely N-dealkylation sites (tertiary alicyclic amines) is 1. The minimum atomic E-state index is -0.965. The third-order valence-corrected chi connectivity index (χ3v) is 6.20. The molecule has 1 aromatic carbocycles. The number of alkyl halides is 1. The largest absolute Gasteiger partial charge is 0.377 e. The lowest BCUT2D eigenvalue weighted by Gasteiger charge is -2.33. The van der Waals surface area contributed by atoms with Crippen molar-refractivity contribution < 1.29 is 13.7 Å². The van der Waals surface area contributed by atoms with Crippen LogP contribution in [0, 0.1) is 5.92 Å². The first-order valence-electron chi connectivity index (χ1n) is 11.3. The van der Waals surface area contributed by atoms with E-state index in [1.807, 2.05) is 37.1 Å². The van der Waals surface area contributed by atoms with E-state index in [2.05, 4.69) is 27.4 Å². The maximum Gasteiger partial charge on any atom is 0.291 e. The van der Waals surface area contributed by atoms with E-state index in [4.69, 9.17) is 9.62 Å². The van der Waals surface area contributed by atoms with Crippen molar-refractivity contribution in [1.82, 2.24) is 30.1 Å². The van der Waals surface area contributed by atoms with Crippen molar-refractivity contribution in [2.75, 3.05) is 25.5 Å². The second kappa shape index (κ2) is 8.58. The van der Waals surface area contributed by atoms with Gasteiger partial charge in [0.05, 0.1) is 24.0 Å². The number of rotatable bonds is 7. The van der Waals surface area contributed by atoms with E-state index in [0.29, 0.717) is 24.4 Å². The predicted octanol–water partition coefficient (Wildman–Crippen LogP) is 2.92. The third-order valence-electron chi connectivity index (χ3n) is 6.20. The number of amides is 1. The summed E-state index contributed by atoms with van der Waals surface area (Å²) >= 11 is 0. The second-order valence-electron chi connectivity index (χ2n) is 9.04. The molecule has 33 heavy (non-hydrogen) atoms. The molecule has 10 heteroatoms. The lowest BCUT2D eigenvalue weighted by Crippen LogP contribution is -2.46. The monoisotopic (exact) mass is 453 g/mol. The molecule has 1 saturated heterocycles. The van der Waals surface area contributed by atoms with Crippen LogP contribution in [-0.4, -0.2) is 63.1 Å². The van der Waals surface area contributed by atoms with Gasteiger partial charge in [-0.05, 0) is 50.0 Å². The van der Waals surface area contributed by atoms with Crippen molar-refractivity contribution in [2.45, 2.75) is 44.9 Å². The summed E-state index contributed by atoms with van der Waals surface area (Å²) in [5, 5.41) is 15.9. The average Bonchev–Trinajstić information content (AvgIpc) is 3.39. The molecule has 2 fully saturated rings. The number of aromatic nitrogens is 4. The van der Waals surface area contributed by atoms with Crippen LogP contribution in [0.25, 0.3) is 22.4 Å². The minimum Gasteiger partial charge on any atom is -0.377 e. The Morgan fingerprint density at radius 3 is 2.88 bits per heavy atom. The summed E-state index contributed by atoms with van der Waals surface area (Å²) in [6.07, 6.45) is 1.61. The van der Waals surface area contributed by atoms with Crippen molar-refractivity contribution in [1.29, 1.82) is 0 Å². The Hall–Kier alpha value is -3.27. The standard InChI is InChI=1S/C23H28FN7O2/c1-13(2)21-15-5-4-6-18(26-17-9-10-30(3)12-16(17)24)20(15)28-31(21)23-27-19(33-29-23)11-25-22(32)14-7-8-14/h4-6,14,16-17,26H,1,7-12H2,2-3H3,(H,25,32)/t16-,17+/m0/s1. The second-order valence-corrected chi connectivity index (χ2v) is 9.04. The van der Waals surface area contributed by atoms with Gasteiger partial charge >= 0.3 is 0 Å². The average molecular weight is 454 g/mol. The van der Waals surface area contributed by atoms with Crippen LogP contribution in [-0.2, 0) is 11.3 Å². The molecule has 0 radical (unpaired) electrons. The van der Waals surface area contributed by atoms with E-state index in [1.165, 1.54) is 0 Å². The van der Waals surface area contributed by atoms with Gasteiger partial charge < -0.3 is 20.1 Å². The lowest BCUT2D eigenvalue weighted by atomic mass is 10.0. The molecule has 2 aromatic heterocycles. The number of allylic oxidation sites excluding steroid dienone is 1. The number of carbonyl (C=O) groups excluding carboxylic acids is 1. The Labute approximate surface area is 191 Å². The number of hydrogen-bond acceptors (Lipinski definition) is 7. The normalized spacial score (nSPS) is 21.3. The minimum absolute atomic E-state index is 0.0120. The van der Waals surface area contributed by atoms with Crippen LogP contribution in [0.1, 0.15) is 37.8 Å². The van der Waals surface area contributed by atoms with Gasteiger partial charge in [-0.3, -0.25) is 4.79 Å². The smallest absolute Gasteiger partial charge is 0.291 e. The molecule has 1 saturated carbocycles. The summed E-state index contributed by atoms with van der Waals surface area (Å²) in [5.41, 5.74) is 2.98. The predicted molar refractivity (Wildman–Crippen MR) is 123 cm³/mol. The van der Waals surface area contributed by atoms with Gasteiger partial charge in [0.25, 0.3) is 5.95 Å². The SMILES string of the molecule is C=C(C)c1c2cccc(N[C@@H]3CCN(C)C[C@@H]3F)c2nn1-c1noc(CNC(=O)C2CC2)n1. The molecular formula is C23H28FN7O2. The summed E-state index contributed by atoms with van der Waals surface area (Å²) < 4.78 is 21.6. The zero-order valence-electron chi connectivity index (χ0n) is 18.8. The van der Waals surface area contributed by atoms with Gasteiger partial charge in [0.2, 0.25) is 11.8 Å². The number of benzene rings is 1. The molecule has 1 aliphatic heterocycles. The maximum absolute atomic E-state index is 14.6. The van der Waals surface area contributed by atoms with E-state index in [0.717, 1.165) is 41.7 Å². The summed E-state index contributed by atoms with van der Waals surface area (Å²) in [7, 11) is 1.93. The molecule has 2 aliphatic rings. The Balaban J connectivity index is 1.44. The summed E-state index contributed by atoms with van der Waals surface area (Å²) in [5.74, 6) is 0.681. The van der Waals surface area contributed by atoms with Gasteiger partial charge in [-0.2, -0.15) is 14.8 Å². The van der Waals surface area contributed by atoms with Crippen molar-refractivity contribution in [3.05, 3.63) is 36.4 Å². The van der Waals surface area contributed by atoms with Gasteiger partial charge in [0, 0.05) is 24.4 Å². The molecule has 0 unspecified atom stereocenters. The van der Waals surface area contributed by atoms with Crippen LogP contribution in [0.15, 0.2) is 29.3 Å². The van der Waals surface area contributed by atoms with E-state index < -0.39 is 6.17 Å². The molecule has 5 rings (SSSR count). The molecular weight excluding hydrogens is 425 g/mol. The van der Waals surface area contributed by atoms with Gasteiger partial charge in [0.15, 0.2) is 0 Å². The van der Waals surface area contributed by atoms with Crippen LogP contribution >= 0.6 is 0 Å². The third kappa shape index (κ3) is 4.35.